The summed E-state index contributed by atoms with van der Waals surface area (Å²) >= 11 is 0. The third-order valence-electron chi connectivity index (χ3n) is 3.09. The van der Waals surface area contributed by atoms with Crippen molar-refractivity contribution in [2.24, 2.45) is 5.84 Å². The van der Waals surface area contributed by atoms with E-state index in [-0.39, 0.29) is 12.6 Å². The van der Waals surface area contributed by atoms with Gasteiger partial charge in [-0.2, -0.15) is 0 Å². The lowest BCUT2D eigenvalue weighted by molar-refractivity contribution is -0.111. The van der Waals surface area contributed by atoms with Gasteiger partial charge in [-0.15, -0.1) is 0 Å². The Kier molecular flexibility index (Phi) is 6.14. The van der Waals surface area contributed by atoms with Gasteiger partial charge in [0.1, 0.15) is 0 Å². The van der Waals surface area contributed by atoms with E-state index in [2.05, 4.69) is 5.43 Å². The van der Waals surface area contributed by atoms with E-state index >= 15 is 0 Å². The van der Waals surface area contributed by atoms with Crippen molar-refractivity contribution < 1.29 is 19.0 Å². The van der Waals surface area contributed by atoms with E-state index in [9.17, 15) is 4.79 Å². The first-order chi connectivity index (χ1) is 10.7. The third kappa shape index (κ3) is 4.42. The van der Waals surface area contributed by atoms with Gasteiger partial charge in [-0.25, -0.2) is 0 Å². The van der Waals surface area contributed by atoms with Gasteiger partial charge in [-0.1, -0.05) is 6.07 Å². The SMILES string of the molecule is COCCCNN.O=C1C=CC1=Cc1ccc2c(c1)OCO2. The molecule has 0 fully saturated rings. The molecule has 1 aromatic rings. The first-order valence-electron chi connectivity index (χ1n) is 7.00. The summed E-state index contributed by atoms with van der Waals surface area (Å²) in [6.45, 7) is 1.88. The molecule has 0 radical (unpaired) electrons. The van der Waals surface area contributed by atoms with E-state index in [1.54, 1.807) is 19.3 Å². The zero-order valence-electron chi connectivity index (χ0n) is 12.5. The number of ether oxygens (including phenoxy) is 3. The number of fused-ring (bicyclic) bond motifs is 1. The normalized spacial score (nSPS) is 16.3. The van der Waals surface area contributed by atoms with Crippen LogP contribution in [0.15, 0.2) is 35.9 Å². The predicted octanol–water partition coefficient (Wildman–Crippen LogP) is 1.42. The van der Waals surface area contributed by atoms with Gasteiger partial charge < -0.3 is 14.2 Å². The van der Waals surface area contributed by atoms with Gasteiger partial charge in [-0.05, 0) is 42.3 Å². The Hall–Kier alpha value is -2.15. The average Bonchev–Trinajstić information content (AvgIpc) is 3.00. The van der Waals surface area contributed by atoms with Crippen LogP contribution in [0.25, 0.3) is 6.08 Å². The van der Waals surface area contributed by atoms with Crippen molar-refractivity contribution >= 4 is 11.9 Å². The molecule has 6 heteroatoms. The van der Waals surface area contributed by atoms with Crippen molar-refractivity contribution in [3.8, 4) is 11.5 Å². The number of allylic oxidation sites excluding steroid dienone is 3. The quantitative estimate of drug-likeness (QED) is 0.370. The number of rotatable bonds is 5. The van der Waals surface area contributed by atoms with Crippen LogP contribution in [0.5, 0.6) is 11.5 Å². The molecular formula is C16H20N2O4. The minimum Gasteiger partial charge on any atom is -0.454 e. The number of hydrogen-bond donors (Lipinski definition) is 2. The van der Waals surface area contributed by atoms with Crippen molar-refractivity contribution in [1.29, 1.82) is 0 Å². The first kappa shape index (κ1) is 16.2. The minimum atomic E-state index is 0.0765. The number of nitrogens with two attached hydrogens (primary N) is 1. The molecule has 0 bridgehead atoms. The Bertz CT molecular complexity index is 578. The molecule has 1 aromatic carbocycles. The lowest BCUT2D eigenvalue weighted by atomic mass is 9.98. The maximum Gasteiger partial charge on any atom is 0.231 e. The zero-order chi connectivity index (χ0) is 15.8. The van der Waals surface area contributed by atoms with Crippen LogP contribution in [-0.2, 0) is 9.53 Å². The molecule has 1 aliphatic heterocycles. The summed E-state index contributed by atoms with van der Waals surface area (Å²) in [7, 11) is 1.68. The van der Waals surface area contributed by atoms with E-state index in [0.717, 1.165) is 42.2 Å². The molecule has 0 amide bonds. The van der Waals surface area contributed by atoms with E-state index in [4.69, 9.17) is 20.1 Å². The fourth-order valence-corrected chi connectivity index (χ4v) is 1.87. The molecule has 0 saturated heterocycles. The third-order valence-corrected chi connectivity index (χ3v) is 3.09. The molecule has 0 saturated carbocycles. The van der Waals surface area contributed by atoms with Gasteiger partial charge >= 0.3 is 0 Å². The number of carbonyl (C=O) groups excluding carboxylic acids is 1. The second-order valence-electron chi connectivity index (χ2n) is 4.71. The number of hydrogen-bond acceptors (Lipinski definition) is 6. The maximum absolute atomic E-state index is 11.1. The molecular weight excluding hydrogens is 284 g/mol. The van der Waals surface area contributed by atoms with Crippen molar-refractivity contribution in [2.75, 3.05) is 27.1 Å². The Morgan fingerprint density at radius 2 is 2.14 bits per heavy atom. The largest absolute Gasteiger partial charge is 0.454 e. The van der Waals surface area contributed by atoms with Crippen LogP contribution in [0.1, 0.15) is 12.0 Å². The molecule has 2 aliphatic rings. The molecule has 1 heterocycles. The summed E-state index contributed by atoms with van der Waals surface area (Å²) in [4.78, 5) is 11.1. The molecule has 0 unspecified atom stereocenters. The molecule has 22 heavy (non-hydrogen) atoms. The van der Waals surface area contributed by atoms with Gasteiger partial charge in [0.25, 0.3) is 0 Å². The summed E-state index contributed by atoms with van der Waals surface area (Å²) in [5, 5.41) is 0. The number of methoxy groups -OCH3 is 1. The summed E-state index contributed by atoms with van der Waals surface area (Å²) in [5.41, 5.74) is 4.20. The standard InChI is InChI=1S/C12H8O3.C4H12N2O/c13-10-3-2-9(10)5-8-1-4-11-12(6-8)15-7-14-11;1-7-4-2-3-6-5/h1-6H,7H2;6H,2-5H2,1H3. The van der Waals surface area contributed by atoms with Crippen molar-refractivity contribution in [3.05, 3.63) is 41.5 Å². The van der Waals surface area contributed by atoms with E-state index in [0.29, 0.717) is 0 Å². The van der Waals surface area contributed by atoms with Gasteiger partial charge in [0.15, 0.2) is 17.3 Å². The first-order valence-corrected chi connectivity index (χ1v) is 7.00. The van der Waals surface area contributed by atoms with Crippen LogP contribution in [0, 0.1) is 0 Å². The molecule has 1 aliphatic carbocycles. The molecule has 0 spiro atoms. The van der Waals surface area contributed by atoms with Crippen molar-refractivity contribution in [2.45, 2.75) is 6.42 Å². The number of nitrogens with one attached hydrogen (secondary N) is 1. The van der Waals surface area contributed by atoms with Crippen LogP contribution >= 0.6 is 0 Å². The number of ketones is 1. The van der Waals surface area contributed by atoms with Crippen LogP contribution < -0.4 is 20.7 Å². The summed E-state index contributed by atoms with van der Waals surface area (Å²) < 4.78 is 15.2. The van der Waals surface area contributed by atoms with E-state index in [1.807, 2.05) is 24.3 Å². The topological polar surface area (TPSA) is 82.8 Å². The Labute approximate surface area is 129 Å². The Morgan fingerprint density at radius 1 is 1.32 bits per heavy atom. The van der Waals surface area contributed by atoms with Gasteiger partial charge in [-0.3, -0.25) is 16.1 Å². The lowest BCUT2D eigenvalue weighted by Crippen LogP contribution is -2.23. The van der Waals surface area contributed by atoms with Crippen LogP contribution in [0.4, 0.5) is 0 Å². The Balaban J connectivity index is 0.000000217. The minimum absolute atomic E-state index is 0.0765. The lowest BCUT2D eigenvalue weighted by Gasteiger charge is -2.05. The number of hydrazine groups is 1. The van der Waals surface area contributed by atoms with Gasteiger partial charge in [0.2, 0.25) is 6.79 Å². The molecule has 3 N–H and O–H groups in total. The molecule has 0 aromatic heterocycles. The Morgan fingerprint density at radius 3 is 2.77 bits per heavy atom. The molecule has 0 atom stereocenters. The fourth-order valence-electron chi connectivity index (χ4n) is 1.87. The highest BCUT2D eigenvalue weighted by atomic mass is 16.7. The number of carbonyl (C=O) groups is 1. The molecule has 118 valence electrons. The van der Waals surface area contributed by atoms with E-state index < -0.39 is 0 Å². The van der Waals surface area contributed by atoms with Crippen molar-refractivity contribution in [3.63, 3.8) is 0 Å². The highest BCUT2D eigenvalue weighted by molar-refractivity contribution is 6.16. The summed E-state index contributed by atoms with van der Waals surface area (Å²) in [5.74, 6) is 6.53. The number of benzene rings is 1. The summed E-state index contributed by atoms with van der Waals surface area (Å²) in [6.07, 6.45) is 6.17. The highest BCUT2D eigenvalue weighted by Gasteiger charge is 2.14. The second-order valence-corrected chi connectivity index (χ2v) is 4.71. The average molecular weight is 304 g/mol. The van der Waals surface area contributed by atoms with Crippen LogP contribution in [0.3, 0.4) is 0 Å². The fraction of sp³-hybridized carbons (Fsp3) is 0.312. The smallest absolute Gasteiger partial charge is 0.231 e. The zero-order valence-corrected chi connectivity index (χ0v) is 12.5. The monoisotopic (exact) mass is 304 g/mol. The highest BCUT2D eigenvalue weighted by Crippen LogP contribution is 2.33. The summed E-state index contributed by atoms with van der Waals surface area (Å²) in [6, 6.07) is 5.62. The molecule has 6 nitrogen and oxygen atoms in total. The predicted molar refractivity (Wildman–Crippen MR) is 83.4 cm³/mol. The van der Waals surface area contributed by atoms with Crippen LogP contribution in [-0.4, -0.2) is 32.8 Å². The second kappa shape index (κ2) is 8.33. The maximum atomic E-state index is 11.1. The van der Waals surface area contributed by atoms with Crippen molar-refractivity contribution in [1.82, 2.24) is 5.43 Å². The van der Waals surface area contributed by atoms with Gasteiger partial charge in [0, 0.05) is 25.8 Å². The molecule has 3 rings (SSSR count). The van der Waals surface area contributed by atoms with Gasteiger partial charge in [0.05, 0.1) is 0 Å². The van der Waals surface area contributed by atoms with E-state index in [1.165, 1.54) is 0 Å². The van der Waals surface area contributed by atoms with Crippen LogP contribution in [0.2, 0.25) is 0 Å².